The molecule has 0 bridgehead atoms. The molecule has 3 aromatic heterocycles. The molecule has 3 heterocycles. The molecule has 0 saturated heterocycles. The highest BCUT2D eigenvalue weighted by molar-refractivity contribution is 7.71. The number of H-pyrrole nitrogens is 2. The van der Waals surface area contributed by atoms with Crippen molar-refractivity contribution < 1.29 is 8.78 Å². The van der Waals surface area contributed by atoms with Gasteiger partial charge in [0.15, 0.2) is 4.77 Å². The van der Waals surface area contributed by atoms with Crippen molar-refractivity contribution in [1.82, 2.24) is 24.3 Å². The Balaban J connectivity index is 1.98. The van der Waals surface area contributed by atoms with Crippen LogP contribution < -0.4 is 5.56 Å². The second-order valence-electron chi connectivity index (χ2n) is 4.50. The molecule has 0 spiro atoms. The Bertz CT molecular complexity index is 891. The minimum absolute atomic E-state index is 0.260. The van der Waals surface area contributed by atoms with E-state index in [1.54, 1.807) is 22.9 Å². The highest BCUT2D eigenvalue weighted by atomic mass is 32.1. The summed E-state index contributed by atoms with van der Waals surface area (Å²) in [4.78, 5) is 17.1. The van der Waals surface area contributed by atoms with E-state index in [2.05, 4.69) is 15.1 Å². The van der Waals surface area contributed by atoms with Crippen LogP contribution in [0.4, 0.5) is 8.78 Å². The van der Waals surface area contributed by atoms with E-state index in [0.29, 0.717) is 23.3 Å². The Morgan fingerprint density at radius 1 is 1.38 bits per heavy atom. The van der Waals surface area contributed by atoms with Crippen LogP contribution in [0.15, 0.2) is 29.3 Å². The minimum Gasteiger partial charge on any atom is -0.355 e. The third-order valence-electron chi connectivity index (χ3n) is 3.05. The number of halogens is 2. The SMILES string of the molecule is O=c1[nH]c(=S)n(Cc2ccn(CC(F)F)n2)c2cc[nH]c12. The van der Waals surface area contributed by atoms with Gasteiger partial charge in [0.2, 0.25) is 0 Å². The topological polar surface area (TPSA) is 71.4 Å². The fourth-order valence-corrected chi connectivity index (χ4v) is 2.41. The number of nitrogens with zero attached hydrogens (tertiary/aromatic N) is 3. The molecule has 0 radical (unpaired) electrons. The molecule has 6 nitrogen and oxygen atoms in total. The molecule has 0 unspecified atom stereocenters. The van der Waals surface area contributed by atoms with Crippen LogP contribution in [0.5, 0.6) is 0 Å². The van der Waals surface area contributed by atoms with E-state index in [1.165, 1.54) is 10.9 Å². The van der Waals surface area contributed by atoms with Crippen molar-refractivity contribution in [3.63, 3.8) is 0 Å². The summed E-state index contributed by atoms with van der Waals surface area (Å²) in [5.74, 6) is 0. The van der Waals surface area contributed by atoms with Gasteiger partial charge in [-0.25, -0.2) is 8.78 Å². The standard InChI is InChI=1S/C12H11F2N5OS/c13-9(14)6-18-4-2-7(17-18)5-19-8-1-3-15-10(8)11(20)16-12(19)21/h1-4,9,15H,5-6H2,(H,16,20,21). The number of aromatic nitrogens is 5. The normalized spacial score (nSPS) is 11.6. The summed E-state index contributed by atoms with van der Waals surface area (Å²) < 4.78 is 27.7. The Hall–Kier alpha value is -2.29. The highest BCUT2D eigenvalue weighted by Gasteiger charge is 2.10. The maximum absolute atomic E-state index is 12.3. The first-order chi connectivity index (χ1) is 10.0. The van der Waals surface area contributed by atoms with Gasteiger partial charge < -0.3 is 9.55 Å². The molecule has 3 aromatic rings. The lowest BCUT2D eigenvalue weighted by Gasteiger charge is -2.06. The summed E-state index contributed by atoms with van der Waals surface area (Å²) in [6, 6.07) is 3.38. The van der Waals surface area contributed by atoms with Crippen LogP contribution in [0, 0.1) is 4.77 Å². The van der Waals surface area contributed by atoms with E-state index < -0.39 is 13.0 Å². The molecule has 0 aliphatic carbocycles. The van der Waals surface area contributed by atoms with Gasteiger partial charge in [0, 0.05) is 12.4 Å². The number of hydrogen-bond acceptors (Lipinski definition) is 3. The monoisotopic (exact) mass is 311 g/mol. The average molecular weight is 311 g/mol. The fraction of sp³-hybridized carbons (Fsp3) is 0.250. The Labute approximate surface area is 122 Å². The first-order valence-corrected chi connectivity index (χ1v) is 6.56. The van der Waals surface area contributed by atoms with Crippen LogP contribution in [0.2, 0.25) is 0 Å². The molecule has 0 amide bonds. The van der Waals surface area contributed by atoms with Crippen molar-refractivity contribution in [3.8, 4) is 0 Å². The number of alkyl halides is 2. The van der Waals surface area contributed by atoms with Gasteiger partial charge in [-0.1, -0.05) is 0 Å². The van der Waals surface area contributed by atoms with Crippen LogP contribution in [-0.4, -0.2) is 30.7 Å². The number of rotatable bonds is 4. The summed E-state index contributed by atoms with van der Waals surface area (Å²) in [6.07, 6.45) is 0.676. The maximum Gasteiger partial charge on any atom is 0.276 e. The minimum atomic E-state index is -2.45. The van der Waals surface area contributed by atoms with Gasteiger partial charge in [-0.2, -0.15) is 5.10 Å². The summed E-state index contributed by atoms with van der Waals surface area (Å²) in [7, 11) is 0. The zero-order valence-corrected chi connectivity index (χ0v) is 11.5. The van der Waals surface area contributed by atoms with Crippen molar-refractivity contribution >= 4 is 23.3 Å². The van der Waals surface area contributed by atoms with E-state index >= 15 is 0 Å². The van der Waals surface area contributed by atoms with Gasteiger partial charge in [-0.3, -0.25) is 14.5 Å². The molecule has 3 rings (SSSR count). The van der Waals surface area contributed by atoms with Crippen molar-refractivity contribution in [2.24, 2.45) is 0 Å². The number of nitrogens with one attached hydrogen (secondary N) is 2. The third-order valence-corrected chi connectivity index (χ3v) is 3.37. The van der Waals surface area contributed by atoms with E-state index in [9.17, 15) is 13.6 Å². The Morgan fingerprint density at radius 2 is 2.19 bits per heavy atom. The van der Waals surface area contributed by atoms with Crippen LogP contribution in [0.3, 0.4) is 0 Å². The number of fused-ring (bicyclic) bond motifs is 1. The molecule has 9 heteroatoms. The molecule has 0 aliphatic rings. The summed E-state index contributed by atoms with van der Waals surface area (Å²) in [5.41, 5.74) is 1.35. The lowest BCUT2D eigenvalue weighted by Crippen LogP contribution is -2.15. The summed E-state index contributed by atoms with van der Waals surface area (Å²) in [5, 5.41) is 4.07. The third kappa shape index (κ3) is 2.64. The predicted octanol–water partition coefficient (Wildman–Crippen LogP) is 1.90. The highest BCUT2D eigenvalue weighted by Crippen LogP contribution is 2.11. The van der Waals surface area contributed by atoms with E-state index in [0.717, 1.165) is 0 Å². The van der Waals surface area contributed by atoms with Crippen molar-refractivity contribution in [3.05, 3.63) is 45.3 Å². The quantitative estimate of drug-likeness (QED) is 0.723. The molecule has 0 atom stereocenters. The van der Waals surface area contributed by atoms with Crippen molar-refractivity contribution in [2.45, 2.75) is 19.5 Å². The zero-order valence-electron chi connectivity index (χ0n) is 10.7. The molecule has 2 N–H and O–H groups in total. The Kier molecular flexibility index (Phi) is 3.42. The molecule has 110 valence electrons. The van der Waals surface area contributed by atoms with Crippen LogP contribution in [-0.2, 0) is 13.1 Å². The maximum atomic E-state index is 12.3. The molecule has 0 aromatic carbocycles. The second kappa shape index (κ2) is 5.24. The molecule has 21 heavy (non-hydrogen) atoms. The van der Waals surface area contributed by atoms with Crippen LogP contribution >= 0.6 is 12.2 Å². The van der Waals surface area contributed by atoms with Gasteiger partial charge in [0.1, 0.15) is 12.1 Å². The van der Waals surface area contributed by atoms with Gasteiger partial charge in [0.05, 0.1) is 17.8 Å². The smallest absolute Gasteiger partial charge is 0.276 e. The van der Waals surface area contributed by atoms with Crippen molar-refractivity contribution in [2.75, 3.05) is 0 Å². The van der Waals surface area contributed by atoms with E-state index in [4.69, 9.17) is 12.2 Å². The number of hydrogen-bond donors (Lipinski definition) is 2. The first-order valence-electron chi connectivity index (χ1n) is 6.15. The van der Waals surface area contributed by atoms with Crippen LogP contribution in [0.25, 0.3) is 11.0 Å². The molecule has 0 aliphatic heterocycles. The van der Waals surface area contributed by atoms with E-state index in [1.807, 2.05) is 0 Å². The van der Waals surface area contributed by atoms with Gasteiger partial charge >= 0.3 is 0 Å². The van der Waals surface area contributed by atoms with Crippen molar-refractivity contribution in [1.29, 1.82) is 0 Å². The molecule has 0 fully saturated rings. The van der Waals surface area contributed by atoms with Gasteiger partial charge in [0.25, 0.3) is 12.0 Å². The van der Waals surface area contributed by atoms with E-state index in [-0.39, 0.29) is 10.3 Å². The second-order valence-corrected chi connectivity index (χ2v) is 4.89. The lowest BCUT2D eigenvalue weighted by molar-refractivity contribution is 0.121. The van der Waals surface area contributed by atoms with Gasteiger partial charge in [-0.05, 0) is 24.4 Å². The zero-order chi connectivity index (χ0) is 15.0. The fourth-order valence-electron chi connectivity index (χ4n) is 2.15. The summed E-state index contributed by atoms with van der Waals surface area (Å²) in [6.45, 7) is -0.156. The van der Waals surface area contributed by atoms with Crippen LogP contribution in [0.1, 0.15) is 5.69 Å². The molecular weight excluding hydrogens is 300 g/mol. The first kappa shape index (κ1) is 13.7. The lowest BCUT2D eigenvalue weighted by atomic mass is 10.4. The average Bonchev–Trinajstić information content (AvgIpc) is 3.02. The Morgan fingerprint density at radius 3 is 2.95 bits per heavy atom. The summed E-state index contributed by atoms with van der Waals surface area (Å²) >= 11 is 5.15. The molecular formula is C12H11F2N5OS. The van der Waals surface area contributed by atoms with Gasteiger partial charge in [-0.15, -0.1) is 0 Å². The molecule has 0 saturated carbocycles. The predicted molar refractivity (Wildman–Crippen MR) is 75.1 cm³/mol. The number of aromatic amines is 2. The largest absolute Gasteiger partial charge is 0.355 e.